The third-order valence-corrected chi connectivity index (χ3v) is 5.93. The van der Waals surface area contributed by atoms with E-state index in [9.17, 15) is 0 Å². The molecule has 0 amide bonds. The number of likely N-dealkylation sites (N-methyl/N-ethyl adjacent to an activating group) is 1. The molecule has 2 aromatic carbocycles. The molecule has 28 heavy (non-hydrogen) atoms. The molecule has 0 radical (unpaired) electrons. The van der Waals surface area contributed by atoms with E-state index in [0.717, 1.165) is 42.2 Å². The van der Waals surface area contributed by atoms with Crippen molar-refractivity contribution in [1.29, 1.82) is 0 Å². The van der Waals surface area contributed by atoms with Gasteiger partial charge < -0.3 is 15.1 Å². The van der Waals surface area contributed by atoms with Crippen LogP contribution in [0.25, 0.3) is 10.9 Å². The van der Waals surface area contributed by atoms with Gasteiger partial charge in [-0.3, -0.25) is 4.98 Å². The van der Waals surface area contributed by atoms with Crippen LogP contribution >= 0.6 is 0 Å². The average molecular weight is 375 g/mol. The average Bonchev–Trinajstić information content (AvgIpc) is 2.91. The monoisotopic (exact) mass is 374 g/mol. The van der Waals surface area contributed by atoms with Gasteiger partial charge in [-0.1, -0.05) is 18.2 Å². The second kappa shape index (κ2) is 7.80. The van der Waals surface area contributed by atoms with Crippen molar-refractivity contribution >= 4 is 28.0 Å². The van der Waals surface area contributed by atoms with E-state index in [4.69, 9.17) is 4.98 Å². The number of fused-ring (bicyclic) bond motifs is 1. The lowest BCUT2D eigenvalue weighted by Gasteiger charge is -2.23. The van der Waals surface area contributed by atoms with Crippen LogP contribution in [0.5, 0.6) is 0 Å². The van der Waals surface area contributed by atoms with E-state index in [2.05, 4.69) is 85.4 Å². The lowest BCUT2D eigenvalue weighted by atomic mass is 10.0. The van der Waals surface area contributed by atoms with Crippen molar-refractivity contribution in [2.75, 3.05) is 43.4 Å². The molecule has 0 bridgehead atoms. The highest BCUT2D eigenvalue weighted by atomic mass is 15.2. The second-order valence-electron chi connectivity index (χ2n) is 7.98. The summed E-state index contributed by atoms with van der Waals surface area (Å²) in [5, 5.41) is 4.85. The Hall–Kier alpha value is -2.59. The molecule has 1 aliphatic heterocycles. The Morgan fingerprint density at radius 1 is 0.893 bits per heavy atom. The van der Waals surface area contributed by atoms with Gasteiger partial charge in [-0.25, -0.2) is 0 Å². The molecule has 0 spiro atoms. The highest BCUT2D eigenvalue weighted by Crippen LogP contribution is 2.32. The lowest BCUT2D eigenvalue weighted by molar-refractivity contribution is 0.360. The van der Waals surface area contributed by atoms with Crippen LogP contribution in [0.4, 0.5) is 17.1 Å². The number of para-hydroxylation sites is 1. The Labute approximate surface area is 168 Å². The molecule has 0 aliphatic carbocycles. The minimum atomic E-state index is 1.08. The smallest absolute Gasteiger partial charge is 0.0755 e. The minimum absolute atomic E-state index is 1.08. The van der Waals surface area contributed by atoms with Crippen molar-refractivity contribution in [1.82, 2.24) is 9.88 Å². The van der Waals surface area contributed by atoms with E-state index < -0.39 is 0 Å². The normalized spacial score (nSPS) is 15.6. The van der Waals surface area contributed by atoms with Gasteiger partial charge in [0.1, 0.15) is 0 Å². The zero-order valence-electron chi connectivity index (χ0n) is 17.4. The fourth-order valence-corrected chi connectivity index (χ4v) is 4.01. The summed E-state index contributed by atoms with van der Waals surface area (Å²) in [7, 11) is 2.21. The fourth-order valence-electron chi connectivity index (χ4n) is 4.01. The molecule has 1 aromatic heterocycles. The van der Waals surface area contributed by atoms with Gasteiger partial charge in [0.15, 0.2) is 0 Å². The van der Waals surface area contributed by atoms with Crippen LogP contribution in [0.15, 0.2) is 42.5 Å². The second-order valence-corrected chi connectivity index (χ2v) is 7.98. The van der Waals surface area contributed by atoms with Gasteiger partial charge in [0, 0.05) is 42.1 Å². The van der Waals surface area contributed by atoms with Gasteiger partial charge in [0.05, 0.1) is 11.2 Å². The summed E-state index contributed by atoms with van der Waals surface area (Å²) in [6.45, 7) is 10.9. The highest BCUT2D eigenvalue weighted by Gasteiger charge is 2.14. The van der Waals surface area contributed by atoms with Crippen molar-refractivity contribution in [2.24, 2.45) is 0 Å². The zero-order chi connectivity index (χ0) is 19.7. The molecule has 1 fully saturated rings. The number of benzene rings is 2. The number of rotatable bonds is 3. The van der Waals surface area contributed by atoms with Crippen molar-refractivity contribution in [3.05, 3.63) is 59.3 Å². The zero-order valence-corrected chi connectivity index (χ0v) is 17.4. The summed E-state index contributed by atoms with van der Waals surface area (Å²) in [6.07, 6.45) is 1.22. The van der Waals surface area contributed by atoms with E-state index in [0.29, 0.717) is 0 Å². The molecule has 0 unspecified atom stereocenters. The third kappa shape index (κ3) is 3.69. The Kier molecular flexibility index (Phi) is 5.23. The van der Waals surface area contributed by atoms with E-state index in [1.165, 1.54) is 35.2 Å². The van der Waals surface area contributed by atoms with E-state index in [1.54, 1.807) is 0 Å². The highest BCUT2D eigenvalue weighted by molar-refractivity contribution is 5.96. The Morgan fingerprint density at radius 2 is 1.68 bits per heavy atom. The molecule has 4 heteroatoms. The maximum Gasteiger partial charge on any atom is 0.0755 e. The summed E-state index contributed by atoms with van der Waals surface area (Å²) >= 11 is 0. The van der Waals surface area contributed by atoms with Gasteiger partial charge >= 0.3 is 0 Å². The van der Waals surface area contributed by atoms with Gasteiger partial charge in [-0.05, 0) is 76.2 Å². The van der Waals surface area contributed by atoms with Crippen LogP contribution < -0.4 is 10.2 Å². The predicted molar refractivity (Wildman–Crippen MR) is 120 cm³/mol. The van der Waals surface area contributed by atoms with Gasteiger partial charge in [-0.15, -0.1) is 0 Å². The predicted octanol–water partition coefficient (Wildman–Crippen LogP) is 5.05. The van der Waals surface area contributed by atoms with Crippen LogP contribution in [-0.2, 0) is 0 Å². The van der Waals surface area contributed by atoms with Gasteiger partial charge in [0.25, 0.3) is 0 Å². The topological polar surface area (TPSA) is 31.4 Å². The summed E-state index contributed by atoms with van der Waals surface area (Å²) in [5.74, 6) is 0. The Morgan fingerprint density at radius 3 is 2.46 bits per heavy atom. The molecule has 1 saturated heterocycles. The standard InChI is InChI=1S/C24H30N4/c1-17-7-5-8-22-23(17)25-19(3)18(2)24(22)26-20-9-11-21(12-10-20)28-14-6-13-27(4)15-16-28/h5,7-12H,6,13-16H2,1-4H3,(H,25,26). The van der Waals surface area contributed by atoms with E-state index in [-0.39, 0.29) is 0 Å². The largest absolute Gasteiger partial charge is 0.370 e. The van der Waals surface area contributed by atoms with E-state index >= 15 is 0 Å². The van der Waals surface area contributed by atoms with E-state index in [1.807, 2.05) is 0 Å². The number of nitrogens with zero attached hydrogens (tertiary/aromatic N) is 3. The lowest BCUT2D eigenvalue weighted by Crippen LogP contribution is -2.28. The first kappa shape index (κ1) is 18.8. The minimum Gasteiger partial charge on any atom is -0.370 e. The number of hydrogen-bond donors (Lipinski definition) is 1. The molecular formula is C24H30N4. The number of pyridine rings is 1. The molecule has 0 atom stereocenters. The molecule has 1 aliphatic rings. The number of nitrogens with one attached hydrogen (secondary N) is 1. The molecule has 1 N–H and O–H groups in total. The van der Waals surface area contributed by atoms with Crippen molar-refractivity contribution in [3.8, 4) is 0 Å². The number of aryl methyl sites for hydroxylation is 2. The summed E-state index contributed by atoms with van der Waals surface area (Å²) < 4.78 is 0. The van der Waals surface area contributed by atoms with Gasteiger partial charge in [-0.2, -0.15) is 0 Å². The van der Waals surface area contributed by atoms with Crippen LogP contribution in [0.2, 0.25) is 0 Å². The first-order chi connectivity index (χ1) is 13.5. The Balaban J connectivity index is 1.62. The first-order valence-electron chi connectivity index (χ1n) is 10.2. The van der Waals surface area contributed by atoms with Crippen molar-refractivity contribution in [2.45, 2.75) is 27.2 Å². The van der Waals surface area contributed by atoms with Crippen molar-refractivity contribution in [3.63, 3.8) is 0 Å². The number of aromatic nitrogens is 1. The number of anilines is 3. The van der Waals surface area contributed by atoms with Crippen LogP contribution in [0.1, 0.15) is 23.2 Å². The van der Waals surface area contributed by atoms with Crippen molar-refractivity contribution < 1.29 is 0 Å². The van der Waals surface area contributed by atoms with Crippen LogP contribution in [0.3, 0.4) is 0 Å². The molecule has 0 saturated carbocycles. The maximum absolute atomic E-state index is 4.82. The van der Waals surface area contributed by atoms with Crippen LogP contribution in [-0.4, -0.2) is 43.1 Å². The Bertz CT molecular complexity index is 978. The third-order valence-electron chi connectivity index (χ3n) is 5.93. The first-order valence-corrected chi connectivity index (χ1v) is 10.2. The maximum atomic E-state index is 4.82. The summed E-state index contributed by atoms with van der Waals surface area (Å²) in [5.41, 5.74) is 8.17. The summed E-state index contributed by atoms with van der Waals surface area (Å²) in [4.78, 5) is 9.72. The quantitative estimate of drug-likeness (QED) is 0.695. The molecule has 4 rings (SSSR count). The summed E-state index contributed by atoms with van der Waals surface area (Å²) in [6, 6.07) is 15.3. The molecule has 146 valence electrons. The molecular weight excluding hydrogens is 344 g/mol. The van der Waals surface area contributed by atoms with Gasteiger partial charge in [0.2, 0.25) is 0 Å². The SMILES string of the molecule is Cc1nc2c(C)cccc2c(Nc2ccc(N3CCCN(C)CC3)cc2)c1C. The number of hydrogen-bond acceptors (Lipinski definition) is 4. The molecule has 3 aromatic rings. The molecule has 2 heterocycles. The molecule has 4 nitrogen and oxygen atoms in total. The fraction of sp³-hybridized carbons (Fsp3) is 0.375. The van der Waals surface area contributed by atoms with Crippen LogP contribution in [0, 0.1) is 20.8 Å².